The topological polar surface area (TPSA) is 61.6 Å². The highest BCUT2D eigenvalue weighted by atomic mass is 16.6. The summed E-state index contributed by atoms with van der Waals surface area (Å²) in [5.74, 6) is -0.315. The van der Waals surface area contributed by atoms with Gasteiger partial charge >= 0.3 is 5.97 Å². The number of hydrogen-bond donors (Lipinski definition) is 1. The number of esters is 1. The van der Waals surface area contributed by atoms with Crippen molar-refractivity contribution < 1.29 is 14.3 Å². The van der Waals surface area contributed by atoms with Gasteiger partial charge in [-0.15, -0.1) is 0 Å². The molecule has 2 unspecified atom stereocenters. The minimum Gasteiger partial charge on any atom is -0.459 e. The van der Waals surface area contributed by atoms with Crippen molar-refractivity contribution in [1.82, 2.24) is 0 Å². The summed E-state index contributed by atoms with van der Waals surface area (Å²) in [7, 11) is 0. The largest absolute Gasteiger partial charge is 0.459 e. The predicted octanol–water partition coefficient (Wildman–Crippen LogP) is 1.22. The van der Waals surface area contributed by atoms with Gasteiger partial charge in [-0.3, -0.25) is 4.79 Å². The van der Waals surface area contributed by atoms with Crippen LogP contribution >= 0.6 is 0 Å². The minimum atomic E-state index is -0.870. The Labute approximate surface area is 91.1 Å². The van der Waals surface area contributed by atoms with Crippen molar-refractivity contribution in [1.29, 1.82) is 0 Å². The maximum Gasteiger partial charge on any atom is 0.326 e. The van der Waals surface area contributed by atoms with Gasteiger partial charge in [0, 0.05) is 13.0 Å². The summed E-state index contributed by atoms with van der Waals surface area (Å²) in [6.45, 7) is 7.98. The zero-order chi connectivity index (χ0) is 11.7. The molecule has 0 bridgehead atoms. The molecule has 4 nitrogen and oxygen atoms in total. The quantitative estimate of drug-likeness (QED) is 0.668. The third-order valence-electron chi connectivity index (χ3n) is 2.41. The molecule has 1 heterocycles. The molecule has 0 spiro atoms. The summed E-state index contributed by atoms with van der Waals surface area (Å²) < 4.78 is 10.7. The van der Waals surface area contributed by atoms with Crippen LogP contribution in [0.15, 0.2) is 0 Å². The lowest BCUT2D eigenvalue weighted by Crippen LogP contribution is -2.55. The normalized spacial score (nSPS) is 32.5. The Balaban J connectivity index is 2.64. The number of carbonyl (C=O) groups is 1. The highest BCUT2D eigenvalue weighted by molar-refractivity contribution is 5.81. The van der Waals surface area contributed by atoms with E-state index in [9.17, 15) is 4.79 Å². The molecular formula is C11H21NO3. The average molecular weight is 215 g/mol. The highest BCUT2D eigenvalue weighted by Gasteiger charge is 2.41. The Morgan fingerprint density at radius 3 is 2.60 bits per heavy atom. The zero-order valence-electron chi connectivity index (χ0n) is 10.0. The predicted molar refractivity (Wildman–Crippen MR) is 57.4 cm³/mol. The van der Waals surface area contributed by atoms with Gasteiger partial charge in [0.15, 0.2) is 0 Å². The van der Waals surface area contributed by atoms with E-state index in [-0.39, 0.29) is 12.1 Å². The summed E-state index contributed by atoms with van der Waals surface area (Å²) >= 11 is 0. The molecular weight excluding hydrogens is 194 g/mol. The molecule has 2 N–H and O–H groups in total. The molecule has 0 saturated carbocycles. The van der Waals surface area contributed by atoms with Crippen molar-refractivity contribution in [3.05, 3.63) is 0 Å². The van der Waals surface area contributed by atoms with Crippen LogP contribution in [-0.2, 0) is 14.3 Å². The van der Waals surface area contributed by atoms with E-state index >= 15 is 0 Å². The molecule has 1 saturated heterocycles. The molecule has 15 heavy (non-hydrogen) atoms. The smallest absolute Gasteiger partial charge is 0.326 e. The summed E-state index contributed by atoms with van der Waals surface area (Å²) in [4.78, 5) is 11.9. The maximum atomic E-state index is 11.9. The third kappa shape index (κ3) is 3.47. The van der Waals surface area contributed by atoms with E-state index in [0.29, 0.717) is 19.4 Å². The van der Waals surface area contributed by atoms with Crippen LogP contribution in [0.1, 0.15) is 40.5 Å². The molecule has 0 aromatic heterocycles. The Bertz CT molecular complexity index is 247. The Morgan fingerprint density at radius 2 is 2.13 bits per heavy atom. The maximum absolute atomic E-state index is 11.9. The molecule has 88 valence electrons. The highest BCUT2D eigenvalue weighted by Crippen LogP contribution is 2.25. The van der Waals surface area contributed by atoms with Crippen LogP contribution in [0.25, 0.3) is 0 Å². The Kier molecular flexibility index (Phi) is 3.41. The van der Waals surface area contributed by atoms with E-state index in [1.165, 1.54) is 0 Å². The number of rotatable bonds is 1. The van der Waals surface area contributed by atoms with Gasteiger partial charge in [-0.1, -0.05) is 0 Å². The molecule has 0 aromatic rings. The zero-order valence-corrected chi connectivity index (χ0v) is 10.0. The van der Waals surface area contributed by atoms with Crippen LogP contribution in [0.2, 0.25) is 0 Å². The van der Waals surface area contributed by atoms with Crippen molar-refractivity contribution in [2.24, 2.45) is 5.73 Å². The van der Waals surface area contributed by atoms with E-state index in [1.54, 1.807) is 0 Å². The van der Waals surface area contributed by atoms with Crippen LogP contribution in [0.3, 0.4) is 0 Å². The first-order chi connectivity index (χ1) is 6.73. The molecule has 1 fully saturated rings. The van der Waals surface area contributed by atoms with E-state index in [0.717, 1.165) is 0 Å². The van der Waals surface area contributed by atoms with Gasteiger partial charge in [-0.05, 0) is 34.1 Å². The number of hydrogen-bond acceptors (Lipinski definition) is 4. The summed E-state index contributed by atoms with van der Waals surface area (Å²) in [6, 6.07) is 0. The van der Waals surface area contributed by atoms with Gasteiger partial charge in [-0.2, -0.15) is 0 Å². The SMILES string of the molecule is CC1CC(N)(C(=O)OC(C)(C)C)CCO1. The molecule has 0 radical (unpaired) electrons. The van der Waals surface area contributed by atoms with Crippen LogP contribution in [0.4, 0.5) is 0 Å². The molecule has 1 aliphatic rings. The van der Waals surface area contributed by atoms with Gasteiger partial charge in [0.2, 0.25) is 0 Å². The number of carbonyl (C=O) groups excluding carboxylic acids is 1. The van der Waals surface area contributed by atoms with Crippen LogP contribution in [0, 0.1) is 0 Å². The van der Waals surface area contributed by atoms with E-state index in [4.69, 9.17) is 15.2 Å². The van der Waals surface area contributed by atoms with E-state index < -0.39 is 11.1 Å². The average Bonchev–Trinajstić information content (AvgIpc) is 2.00. The summed E-state index contributed by atoms with van der Waals surface area (Å²) in [5.41, 5.74) is 4.69. The standard InChI is InChI=1S/C11H21NO3/c1-8-7-11(12,5-6-14-8)9(13)15-10(2,3)4/h8H,5-7,12H2,1-4H3. The van der Waals surface area contributed by atoms with Gasteiger partial charge < -0.3 is 15.2 Å². The van der Waals surface area contributed by atoms with Crippen molar-refractivity contribution in [2.75, 3.05) is 6.61 Å². The molecule has 0 aliphatic carbocycles. The minimum absolute atomic E-state index is 0.0243. The molecule has 4 heteroatoms. The second-order valence-electron chi connectivity index (χ2n) is 5.29. The fourth-order valence-corrected chi connectivity index (χ4v) is 1.68. The van der Waals surface area contributed by atoms with Gasteiger partial charge in [0.05, 0.1) is 6.10 Å². The van der Waals surface area contributed by atoms with Crippen LogP contribution < -0.4 is 5.73 Å². The lowest BCUT2D eigenvalue weighted by Gasteiger charge is -2.36. The first-order valence-corrected chi connectivity index (χ1v) is 5.37. The lowest BCUT2D eigenvalue weighted by atomic mass is 9.88. The van der Waals surface area contributed by atoms with Crippen LogP contribution in [0.5, 0.6) is 0 Å². The van der Waals surface area contributed by atoms with E-state index in [1.807, 2.05) is 27.7 Å². The fourth-order valence-electron chi connectivity index (χ4n) is 1.68. The van der Waals surface area contributed by atoms with Crippen molar-refractivity contribution >= 4 is 5.97 Å². The molecule has 1 rings (SSSR count). The number of nitrogens with two attached hydrogens (primary N) is 1. The van der Waals surface area contributed by atoms with Crippen LogP contribution in [-0.4, -0.2) is 29.8 Å². The monoisotopic (exact) mass is 215 g/mol. The fraction of sp³-hybridized carbons (Fsp3) is 0.909. The first-order valence-electron chi connectivity index (χ1n) is 5.37. The molecule has 0 aromatic carbocycles. The van der Waals surface area contributed by atoms with Gasteiger partial charge in [0.1, 0.15) is 11.1 Å². The van der Waals surface area contributed by atoms with Crippen molar-refractivity contribution in [3.63, 3.8) is 0 Å². The number of ether oxygens (including phenoxy) is 2. The van der Waals surface area contributed by atoms with Gasteiger partial charge in [-0.25, -0.2) is 0 Å². The third-order valence-corrected chi connectivity index (χ3v) is 2.41. The Morgan fingerprint density at radius 1 is 1.53 bits per heavy atom. The summed E-state index contributed by atoms with van der Waals surface area (Å²) in [5, 5.41) is 0. The van der Waals surface area contributed by atoms with E-state index in [2.05, 4.69) is 0 Å². The van der Waals surface area contributed by atoms with Crippen molar-refractivity contribution in [3.8, 4) is 0 Å². The second kappa shape index (κ2) is 4.10. The van der Waals surface area contributed by atoms with Crippen molar-refractivity contribution in [2.45, 2.75) is 57.8 Å². The van der Waals surface area contributed by atoms with Gasteiger partial charge in [0.25, 0.3) is 0 Å². The second-order valence-corrected chi connectivity index (χ2v) is 5.29. The Hall–Kier alpha value is -0.610. The summed E-state index contributed by atoms with van der Waals surface area (Å²) in [6.07, 6.45) is 1.09. The molecule has 2 atom stereocenters. The molecule has 0 amide bonds. The molecule has 1 aliphatic heterocycles. The first kappa shape index (κ1) is 12.5. The lowest BCUT2D eigenvalue weighted by molar-refractivity contribution is -0.167.